The first-order valence-corrected chi connectivity index (χ1v) is 8.85. The summed E-state index contributed by atoms with van der Waals surface area (Å²) < 4.78 is 5.22. The SMILES string of the molecule is COc1ccc2c(c1[N+](=O)[O-])CC[C@@H]1[C@@H]2CC[C@]2(C)C(=O)CC[C@H]12. The third kappa shape index (κ3) is 1.96. The fraction of sp³-hybridized carbons (Fsp3) is 0.632. The average Bonchev–Trinajstić information content (AvgIpc) is 2.88. The van der Waals surface area contributed by atoms with Crippen LogP contribution in [0, 0.1) is 27.4 Å². The molecule has 1 aromatic carbocycles. The Balaban J connectivity index is 1.77. The molecule has 128 valence electrons. The van der Waals surface area contributed by atoms with Crippen LogP contribution in [0.4, 0.5) is 5.69 Å². The van der Waals surface area contributed by atoms with Gasteiger partial charge in [-0.3, -0.25) is 14.9 Å². The highest BCUT2D eigenvalue weighted by molar-refractivity contribution is 5.87. The van der Waals surface area contributed by atoms with Crippen LogP contribution in [0.3, 0.4) is 0 Å². The molecule has 0 amide bonds. The summed E-state index contributed by atoms with van der Waals surface area (Å²) in [5.74, 6) is 2.06. The molecule has 3 aliphatic rings. The molecule has 0 radical (unpaired) electrons. The highest BCUT2D eigenvalue weighted by atomic mass is 16.6. The van der Waals surface area contributed by atoms with E-state index in [4.69, 9.17) is 4.74 Å². The summed E-state index contributed by atoms with van der Waals surface area (Å²) in [5.41, 5.74) is 1.97. The van der Waals surface area contributed by atoms with E-state index in [1.807, 2.05) is 6.07 Å². The van der Waals surface area contributed by atoms with Gasteiger partial charge in [0.25, 0.3) is 0 Å². The molecule has 0 heterocycles. The van der Waals surface area contributed by atoms with Crippen molar-refractivity contribution in [1.29, 1.82) is 0 Å². The van der Waals surface area contributed by atoms with Crippen molar-refractivity contribution in [2.24, 2.45) is 17.3 Å². The Morgan fingerprint density at radius 1 is 1.25 bits per heavy atom. The molecule has 0 saturated heterocycles. The first-order valence-electron chi connectivity index (χ1n) is 8.85. The standard InChI is InChI=1S/C19H23NO4/c1-19-10-9-12-11-5-7-16(24-2)18(20(22)23)14(11)4-3-13(12)15(19)6-8-17(19)21/h5,7,12-13,15H,3-4,6,8-10H2,1-2H3/t12-,13-,15-,19+/m1/s1. The Morgan fingerprint density at radius 3 is 2.75 bits per heavy atom. The molecule has 0 spiro atoms. The van der Waals surface area contributed by atoms with Crippen LogP contribution in [0.2, 0.25) is 0 Å². The minimum Gasteiger partial charge on any atom is -0.490 e. The van der Waals surface area contributed by atoms with Crippen molar-refractivity contribution in [2.45, 2.75) is 51.4 Å². The predicted octanol–water partition coefficient (Wildman–Crippen LogP) is 4.03. The van der Waals surface area contributed by atoms with Crippen LogP contribution in [0.15, 0.2) is 12.1 Å². The van der Waals surface area contributed by atoms with Crippen LogP contribution < -0.4 is 4.74 Å². The van der Waals surface area contributed by atoms with Crippen LogP contribution in [0.1, 0.15) is 56.1 Å². The second-order valence-corrected chi connectivity index (χ2v) is 7.77. The van der Waals surface area contributed by atoms with E-state index in [9.17, 15) is 14.9 Å². The molecule has 5 nitrogen and oxygen atoms in total. The molecule has 0 aliphatic heterocycles. The summed E-state index contributed by atoms with van der Waals surface area (Å²) in [7, 11) is 1.48. The lowest BCUT2D eigenvalue weighted by Crippen LogP contribution is -2.42. The number of ketones is 1. The van der Waals surface area contributed by atoms with Gasteiger partial charge in [-0.2, -0.15) is 0 Å². The Hall–Kier alpha value is -1.91. The highest BCUT2D eigenvalue weighted by Crippen LogP contribution is 2.60. The van der Waals surface area contributed by atoms with Crippen LogP contribution >= 0.6 is 0 Å². The van der Waals surface area contributed by atoms with Crippen LogP contribution in [-0.2, 0) is 11.2 Å². The van der Waals surface area contributed by atoms with Crippen molar-refractivity contribution in [3.63, 3.8) is 0 Å². The Bertz CT molecular complexity index is 728. The van der Waals surface area contributed by atoms with Gasteiger partial charge in [-0.1, -0.05) is 13.0 Å². The number of carbonyl (C=O) groups is 1. The lowest BCUT2D eigenvalue weighted by Gasteiger charge is -2.48. The summed E-state index contributed by atoms with van der Waals surface area (Å²) in [6, 6.07) is 3.77. The van der Waals surface area contributed by atoms with Gasteiger partial charge in [0, 0.05) is 17.4 Å². The Morgan fingerprint density at radius 2 is 2.04 bits per heavy atom. The van der Waals surface area contributed by atoms with Gasteiger partial charge in [0.2, 0.25) is 0 Å². The molecule has 3 aliphatic carbocycles. The zero-order valence-electron chi connectivity index (χ0n) is 14.2. The lowest BCUT2D eigenvalue weighted by atomic mass is 9.55. The summed E-state index contributed by atoms with van der Waals surface area (Å²) in [5, 5.41) is 11.6. The molecule has 0 unspecified atom stereocenters. The van der Waals surface area contributed by atoms with Gasteiger partial charge in [-0.25, -0.2) is 0 Å². The van der Waals surface area contributed by atoms with E-state index in [0.29, 0.717) is 42.1 Å². The number of ether oxygens (including phenoxy) is 1. The van der Waals surface area contributed by atoms with E-state index >= 15 is 0 Å². The second-order valence-electron chi connectivity index (χ2n) is 7.77. The molecule has 2 saturated carbocycles. The first kappa shape index (κ1) is 15.6. The van der Waals surface area contributed by atoms with Gasteiger partial charge in [-0.05, 0) is 61.5 Å². The van der Waals surface area contributed by atoms with Gasteiger partial charge in [-0.15, -0.1) is 0 Å². The van der Waals surface area contributed by atoms with Crippen molar-refractivity contribution >= 4 is 11.5 Å². The summed E-state index contributed by atoms with van der Waals surface area (Å²) in [6.45, 7) is 2.15. The molecule has 0 bridgehead atoms. The number of hydrogen-bond acceptors (Lipinski definition) is 4. The number of methoxy groups -OCH3 is 1. The fourth-order valence-electron chi connectivity index (χ4n) is 5.76. The molecule has 24 heavy (non-hydrogen) atoms. The van der Waals surface area contributed by atoms with Gasteiger partial charge >= 0.3 is 5.69 Å². The highest BCUT2D eigenvalue weighted by Gasteiger charge is 2.55. The molecule has 4 rings (SSSR count). The monoisotopic (exact) mass is 329 g/mol. The molecule has 0 aromatic heterocycles. The molecule has 0 N–H and O–H groups in total. The van der Waals surface area contributed by atoms with Crippen LogP contribution in [-0.4, -0.2) is 17.8 Å². The van der Waals surface area contributed by atoms with Crippen molar-refractivity contribution in [2.75, 3.05) is 7.11 Å². The Labute approximate surface area is 141 Å². The topological polar surface area (TPSA) is 69.4 Å². The van der Waals surface area contributed by atoms with Crippen molar-refractivity contribution in [3.8, 4) is 5.75 Å². The zero-order chi connectivity index (χ0) is 17.1. The number of benzene rings is 1. The van der Waals surface area contributed by atoms with Crippen molar-refractivity contribution in [1.82, 2.24) is 0 Å². The number of nitro benzene ring substituents is 1. The lowest BCUT2D eigenvalue weighted by molar-refractivity contribution is -0.386. The van der Waals surface area contributed by atoms with Crippen molar-refractivity contribution < 1.29 is 14.5 Å². The normalized spacial score (nSPS) is 34.2. The first-order chi connectivity index (χ1) is 11.5. The number of carbonyl (C=O) groups excluding carboxylic acids is 1. The van der Waals surface area contributed by atoms with E-state index in [0.717, 1.165) is 36.8 Å². The van der Waals surface area contributed by atoms with E-state index in [1.165, 1.54) is 7.11 Å². The molecule has 5 heteroatoms. The molecular formula is C19H23NO4. The maximum atomic E-state index is 12.4. The van der Waals surface area contributed by atoms with E-state index in [2.05, 4.69) is 6.92 Å². The maximum Gasteiger partial charge on any atom is 0.314 e. The minimum absolute atomic E-state index is 0.143. The fourth-order valence-corrected chi connectivity index (χ4v) is 5.76. The number of hydrogen-bond donors (Lipinski definition) is 0. The van der Waals surface area contributed by atoms with Crippen LogP contribution in [0.25, 0.3) is 0 Å². The number of nitrogens with zero attached hydrogens (tertiary/aromatic N) is 1. The average molecular weight is 329 g/mol. The maximum absolute atomic E-state index is 12.4. The van der Waals surface area contributed by atoms with E-state index < -0.39 is 0 Å². The summed E-state index contributed by atoms with van der Waals surface area (Å²) in [6.07, 6.45) is 5.23. The predicted molar refractivity (Wildman–Crippen MR) is 89.3 cm³/mol. The van der Waals surface area contributed by atoms with E-state index in [-0.39, 0.29) is 16.0 Å². The van der Waals surface area contributed by atoms with Gasteiger partial charge in [0.05, 0.1) is 12.0 Å². The quantitative estimate of drug-likeness (QED) is 0.607. The number of Topliss-reactive ketones (excluding diaryl/α,β-unsaturated/α-hetero) is 1. The van der Waals surface area contributed by atoms with Gasteiger partial charge in [0.1, 0.15) is 5.78 Å². The van der Waals surface area contributed by atoms with Gasteiger partial charge < -0.3 is 4.74 Å². The zero-order valence-corrected chi connectivity index (χ0v) is 14.2. The molecule has 2 fully saturated rings. The second kappa shape index (κ2) is 5.30. The Kier molecular flexibility index (Phi) is 3.44. The number of nitro groups is 1. The number of fused-ring (bicyclic) bond motifs is 5. The molecular weight excluding hydrogens is 306 g/mol. The third-order valence-electron chi connectivity index (χ3n) is 6.96. The largest absolute Gasteiger partial charge is 0.490 e. The van der Waals surface area contributed by atoms with Gasteiger partial charge in [0.15, 0.2) is 5.75 Å². The summed E-state index contributed by atoms with van der Waals surface area (Å²) in [4.78, 5) is 23.6. The summed E-state index contributed by atoms with van der Waals surface area (Å²) >= 11 is 0. The smallest absolute Gasteiger partial charge is 0.314 e. The number of rotatable bonds is 2. The minimum atomic E-state index is -0.302. The molecule has 4 atom stereocenters. The van der Waals surface area contributed by atoms with E-state index in [1.54, 1.807) is 6.07 Å². The van der Waals surface area contributed by atoms with Crippen LogP contribution in [0.5, 0.6) is 5.75 Å². The molecule has 1 aromatic rings. The van der Waals surface area contributed by atoms with Crippen molar-refractivity contribution in [3.05, 3.63) is 33.4 Å². The third-order valence-corrected chi connectivity index (χ3v) is 6.96.